The maximum Gasteiger partial charge on any atom is 0.500 e. The fourth-order valence-corrected chi connectivity index (χ4v) is 5.08. The summed E-state index contributed by atoms with van der Waals surface area (Å²) in [5.74, 6) is 0. The second-order valence-electron chi connectivity index (χ2n) is 5.05. The van der Waals surface area contributed by atoms with E-state index in [2.05, 4.69) is 0 Å². The van der Waals surface area contributed by atoms with Crippen LogP contribution in [0.3, 0.4) is 0 Å². The first-order valence-electron chi connectivity index (χ1n) is 8.74. The van der Waals surface area contributed by atoms with E-state index in [9.17, 15) is 0 Å². The van der Waals surface area contributed by atoms with Crippen LogP contribution >= 0.6 is 0 Å². The Morgan fingerprint density at radius 3 is 1.52 bits per heavy atom. The quantitative estimate of drug-likeness (QED) is 0.312. The molecule has 21 heavy (non-hydrogen) atoms. The number of unbranched alkanes of at least 4 members (excludes halogenated alkanes) is 5. The summed E-state index contributed by atoms with van der Waals surface area (Å²) in [5.41, 5.74) is 0. The van der Waals surface area contributed by atoms with Gasteiger partial charge in [0.1, 0.15) is 0 Å². The van der Waals surface area contributed by atoms with Crippen LogP contribution in [0.2, 0.25) is 6.04 Å². The highest BCUT2D eigenvalue weighted by Gasteiger charge is 2.39. The molecule has 0 aliphatic heterocycles. The lowest BCUT2D eigenvalue weighted by molar-refractivity contribution is 0.0706. The Morgan fingerprint density at radius 2 is 1.05 bits per heavy atom. The summed E-state index contributed by atoms with van der Waals surface area (Å²) in [6.45, 7) is 11.8. The summed E-state index contributed by atoms with van der Waals surface area (Å²) in [5, 5.41) is 0. The maximum absolute atomic E-state index is 5.86. The summed E-state index contributed by atoms with van der Waals surface area (Å²) >= 11 is 0. The van der Waals surface area contributed by atoms with Crippen LogP contribution in [-0.2, 0) is 18.0 Å². The first-order valence-corrected chi connectivity index (χ1v) is 10.7. The predicted octanol–water partition coefficient (Wildman–Crippen LogP) is 4.41. The molecule has 0 unspecified atom stereocenters. The van der Waals surface area contributed by atoms with Gasteiger partial charge in [0, 0.05) is 39.1 Å². The van der Waals surface area contributed by atoms with Gasteiger partial charge in [-0.2, -0.15) is 0 Å². The molecule has 0 fully saturated rings. The van der Waals surface area contributed by atoms with Crippen LogP contribution in [0.25, 0.3) is 0 Å². The largest absolute Gasteiger partial charge is 0.500 e. The second-order valence-corrected chi connectivity index (χ2v) is 7.78. The van der Waals surface area contributed by atoms with Crippen LogP contribution in [0.15, 0.2) is 0 Å². The standard InChI is InChI=1S/C16H36O4Si/c1-5-17-15-13-11-9-10-12-14-16-21(18-6-2,19-7-3)20-8-4/h5-16H2,1-4H3. The summed E-state index contributed by atoms with van der Waals surface area (Å²) in [4.78, 5) is 0. The first-order chi connectivity index (χ1) is 10.2. The summed E-state index contributed by atoms with van der Waals surface area (Å²) < 4.78 is 22.9. The van der Waals surface area contributed by atoms with Crippen molar-refractivity contribution in [1.82, 2.24) is 0 Å². The smallest absolute Gasteiger partial charge is 0.382 e. The third-order valence-corrected chi connectivity index (χ3v) is 6.47. The first kappa shape index (κ1) is 21.1. The zero-order valence-corrected chi connectivity index (χ0v) is 15.6. The van der Waals surface area contributed by atoms with Gasteiger partial charge in [-0.25, -0.2) is 0 Å². The van der Waals surface area contributed by atoms with Crippen molar-refractivity contribution in [2.24, 2.45) is 0 Å². The third kappa shape index (κ3) is 11.3. The number of hydrogen-bond acceptors (Lipinski definition) is 4. The minimum atomic E-state index is -2.40. The summed E-state index contributed by atoms with van der Waals surface area (Å²) in [6, 6.07) is 0.946. The summed E-state index contributed by atoms with van der Waals surface area (Å²) in [6.07, 6.45) is 7.39. The van der Waals surface area contributed by atoms with Crippen LogP contribution in [-0.4, -0.2) is 41.8 Å². The molecule has 0 radical (unpaired) electrons. The second kappa shape index (κ2) is 15.0. The monoisotopic (exact) mass is 320 g/mol. The molecule has 0 rings (SSSR count). The lowest BCUT2D eigenvalue weighted by Gasteiger charge is -2.28. The average Bonchev–Trinajstić information content (AvgIpc) is 2.46. The molecule has 0 aromatic carbocycles. The van der Waals surface area contributed by atoms with Crippen LogP contribution < -0.4 is 0 Å². The number of rotatable bonds is 16. The lowest BCUT2D eigenvalue weighted by Crippen LogP contribution is -2.45. The van der Waals surface area contributed by atoms with Crippen LogP contribution in [0.4, 0.5) is 0 Å². The molecule has 0 aromatic rings. The number of hydrogen-bond donors (Lipinski definition) is 0. The van der Waals surface area contributed by atoms with E-state index in [-0.39, 0.29) is 0 Å². The minimum absolute atomic E-state index is 0.670. The van der Waals surface area contributed by atoms with Crippen molar-refractivity contribution in [2.45, 2.75) is 72.3 Å². The molecule has 128 valence electrons. The van der Waals surface area contributed by atoms with E-state index in [4.69, 9.17) is 18.0 Å². The predicted molar refractivity (Wildman–Crippen MR) is 89.6 cm³/mol. The maximum atomic E-state index is 5.86. The lowest BCUT2D eigenvalue weighted by atomic mass is 10.1. The van der Waals surface area contributed by atoms with Gasteiger partial charge >= 0.3 is 8.80 Å². The van der Waals surface area contributed by atoms with E-state index in [0.29, 0.717) is 19.8 Å². The van der Waals surface area contributed by atoms with Gasteiger partial charge in [-0.15, -0.1) is 0 Å². The molecular weight excluding hydrogens is 284 g/mol. The molecule has 0 spiro atoms. The van der Waals surface area contributed by atoms with Crippen molar-refractivity contribution in [3.8, 4) is 0 Å². The van der Waals surface area contributed by atoms with E-state index >= 15 is 0 Å². The molecular formula is C16H36O4Si. The molecule has 5 heteroatoms. The molecule has 0 heterocycles. The zero-order valence-electron chi connectivity index (χ0n) is 14.6. The Labute approximate surface area is 132 Å². The molecule has 4 nitrogen and oxygen atoms in total. The molecule has 0 N–H and O–H groups in total. The van der Waals surface area contributed by atoms with Crippen LogP contribution in [0, 0.1) is 0 Å². The molecule has 0 aromatic heterocycles. The van der Waals surface area contributed by atoms with Gasteiger partial charge < -0.3 is 18.0 Å². The fourth-order valence-electron chi connectivity index (χ4n) is 2.40. The van der Waals surface area contributed by atoms with E-state index in [1.165, 1.54) is 32.1 Å². The Balaban J connectivity index is 3.76. The Kier molecular flexibility index (Phi) is 15.0. The van der Waals surface area contributed by atoms with E-state index in [0.717, 1.165) is 25.7 Å². The normalized spacial score (nSPS) is 12.0. The van der Waals surface area contributed by atoms with Gasteiger partial charge in [-0.1, -0.05) is 25.7 Å². The number of ether oxygens (including phenoxy) is 1. The third-order valence-electron chi connectivity index (χ3n) is 3.32. The minimum Gasteiger partial charge on any atom is -0.382 e. The Hall–Kier alpha value is 0.0569. The van der Waals surface area contributed by atoms with Gasteiger partial charge in [0.15, 0.2) is 0 Å². The van der Waals surface area contributed by atoms with Crippen molar-refractivity contribution >= 4 is 8.80 Å². The van der Waals surface area contributed by atoms with Crippen molar-refractivity contribution in [1.29, 1.82) is 0 Å². The molecule has 0 saturated carbocycles. The molecule has 0 aliphatic rings. The summed E-state index contributed by atoms with van der Waals surface area (Å²) in [7, 11) is -2.40. The zero-order chi connectivity index (χ0) is 15.8. The van der Waals surface area contributed by atoms with Crippen molar-refractivity contribution in [3.63, 3.8) is 0 Å². The van der Waals surface area contributed by atoms with E-state index in [1.54, 1.807) is 0 Å². The van der Waals surface area contributed by atoms with Gasteiger partial charge in [-0.05, 0) is 40.5 Å². The van der Waals surface area contributed by atoms with E-state index < -0.39 is 8.80 Å². The average molecular weight is 321 g/mol. The van der Waals surface area contributed by atoms with Crippen LogP contribution in [0.1, 0.15) is 66.2 Å². The molecule has 0 aliphatic carbocycles. The fraction of sp³-hybridized carbons (Fsp3) is 1.00. The van der Waals surface area contributed by atoms with Crippen molar-refractivity contribution in [2.75, 3.05) is 33.0 Å². The SMILES string of the molecule is CCOCCCCCCCC[Si](OCC)(OCC)OCC. The topological polar surface area (TPSA) is 36.9 Å². The van der Waals surface area contributed by atoms with Gasteiger partial charge in [-0.3, -0.25) is 0 Å². The van der Waals surface area contributed by atoms with Gasteiger partial charge in [0.05, 0.1) is 0 Å². The highest BCUT2D eigenvalue weighted by Crippen LogP contribution is 2.20. The van der Waals surface area contributed by atoms with Crippen molar-refractivity contribution in [3.05, 3.63) is 0 Å². The molecule has 0 saturated heterocycles. The highest BCUT2D eigenvalue weighted by atomic mass is 28.4. The Bertz CT molecular complexity index is 197. The highest BCUT2D eigenvalue weighted by molar-refractivity contribution is 6.60. The van der Waals surface area contributed by atoms with Gasteiger partial charge in [0.2, 0.25) is 0 Å². The Morgan fingerprint density at radius 1 is 0.571 bits per heavy atom. The molecule has 0 atom stereocenters. The van der Waals surface area contributed by atoms with Crippen molar-refractivity contribution < 1.29 is 18.0 Å². The molecule has 0 amide bonds. The molecule has 0 bridgehead atoms. The van der Waals surface area contributed by atoms with Gasteiger partial charge in [0.25, 0.3) is 0 Å². The van der Waals surface area contributed by atoms with E-state index in [1.807, 2.05) is 27.7 Å². The van der Waals surface area contributed by atoms with Crippen LogP contribution in [0.5, 0.6) is 0 Å².